The van der Waals surface area contributed by atoms with Gasteiger partial charge in [0.1, 0.15) is 12.7 Å². The molecule has 0 aliphatic heterocycles. The molecule has 5 unspecified atom stereocenters. The molecule has 7 nitrogen and oxygen atoms in total. The zero-order chi connectivity index (χ0) is 23.1. The molecule has 0 radical (unpaired) electrons. The monoisotopic (exact) mass is 466 g/mol. The van der Waals surface area contributed by atoms with Crippen molar-refractivity contribution in [1.82, 2.24) is 0 Å². The molecule has 0 aromatic carbocycles. The number of aliphatic hydroxyl groups is 1. The first-order valence-electron chi connectivity index (χ1n) is 9.05. The van der Waals surface area contributed by atoms with Gasteiger partial charge >= 0.3 is 27.5 Å². The second-order valence-electron chi connectivity index (χ2n) is 8.13. The fourth-order valence-electron chi connectivity index (χ4n) is 4.07. The van der Waals surface area contributed by atoms with Gasteiger partial charge in [-0.3, -0.25) is 4.55 Å². The van der Waals surface area contributed by atoms with Crippen LogP contribution in [0.5, 0.6) is 0 Å². The van der Waals surface area contributed by atoms with Gasteiger partial charge in [-0.15, -0.1) is 0 Å². The molecular weight excluding hydrogens is 443 g/mol. The van der Waals surface area contributed by atoms with E-state index in [-0.39, 0.29) is 11.8 Å². The third kappa shape index (κ3) is 5.48. The molecule has 13 heteroatoms. The predicted molar refractivity (Wildman–Crippen MR) is 92.0 cm³/mol. The van der Waals surface area contributed by atoms with Crippen molar-refractivity contribution in [3.63, 3.8) is 0 Å². The van der Waals surface area contributed by atoms with E-state index in [1.807, 2.05) is 0 Å². The Labute approximate surface area is 170 Å². The second-order valence-corrected chi connectivity index (χ2v) is 9.67. The molecule has 2 aliphatic carbocycles. The van der Waals surface area contributed by atoms with E-state index >= 15 is 0 Å². The Morgan fingerprint density at radius 1 is 1.17 bits per heavy atom. The van der Waals surface area contributed by atoms with Crippen molar-refractivity contribution in [2.24, 2.45) is 17.8 Å². The van der Waals surface area contributed by atoms with Gasteiger partial charge in [-0.1, -0.05) is 6.58 Å². The third-order valence-electron chi connectivity index (χ3n) is 5.63. The van der Waals surface area contributed by atoms with Crippen LogP contribution in [0.15, 0.2) is 12.2 Å². The average Bonchev–Trinajstić information content (AvgIpc) is 3.11. The molecule has 30 heavy (non-hydrogen) atoms. The number of hydrogen-bond acceptors (Lipinski definition) is 6. The molecular formula is C17H23F5O7S. The first-order chi connectivity index (χ1) is 13.4. The molecule has 0 aromatic rings. The molecule has 2 aliphatic rings. The zero-order valence-electron chi connectivity index (χ0n) is 16.0. The van der Waals surface area contributed by atoms with E-state index < -0.39 is 70.3 Å². The van der Waals surface area contributed by atoms with Crippen molar-refractivity contribution in [2.75, 3.05) is 13.2 Å². The van der Waals surface area contributed by atoms with Gasteiger partial charge < -0.3 is 14.6 Å². The normalized spacial score (nSPS) is 28.9. The fourth-order valence-corrected chi connectivity index (χ4v) is 4.30. The maximum atomic E-state index is 13.1. The predicted octanol–water partition coefficient (Wildman–Crippen LogP) is 2.70. The van der Waals surface area contributed by atoms with E-state index in [9.17, 15) is 40.3 Å². The molecule has 2 N–H and O–H groups in total. The first-order valence-corrected chi connectivity index (χ1v) is 10.5. The van der Waals surface area contributed by atoms with Crippen molar-refractivity contribution in [2.45, 2.75) is 55.7 Å². The lowest BCUT2D eigenvalue weighted by molar-refractivity contribution is -0.260. The van der Waals surface area contributed by atoms with Crippen LogP contribution in [0.4, 0.5) is 22.0 Å². The maximum absolute atomic E-state index is 13.1. The molecule has 0 amide bonds. The minimum absolute atomic E-state index is 0.0415. The number of fused-ring (bicyclic) bond motifs is 2. The van der Waals surface area contributed by atoms with Crippen LogP contribution in [-0.2, 0) is 24.4 Å². The molecule has 2 fully saturated rings. The van der Waals surface area contributed by atoms with Gasteiger partial charge in [-0.05, 0) is 50.4 Å². The highest BCUT2D eigenvalue weighted by Gasteiger charge is 2.55. The molecule has 0 saturated heterocycles. The zero-order valence-corrected chi connectivity index (χ0v) is 16.8. The minimum atomic E-state index is -5.68. The quantitative estimate of drug-likeness (QED) is 0.233. The van der Waals surface area contributed by atoms with Gasteiger partial charge in [0.2, 0.25) is 0 Å². The van der Waals surface area contributed by atoms with Crippen molar-refractivity contribution in [3.05, 3.63) is 12.2 Å². The van der Waals surface area contributed by atoms with E-state index in [0.717, 1.165) is 0 Å². The summed E-state index contributed by atoms with van der Waals surface area (Å²) in [5.41, 5.74) is -3.27. The van der Waals surface area contributed by atoms with Crippen molar-refractivity contribution >= 4 is 16.1 Å². The molecule has 174 valence electrons. The third-order valence-corrected chi connectivity index (χ3v) is 6.50. The standard InChI is InChI=1S/C17H23F5O7S/c1-9(7-28-8-16(18,19)30(25,26)27)14(23)29-13-5-10-3-11(12(13)4-10)6-15(2,24)17(20,21)22/h10-13,24H,1,3-8H2,2H3,(H,25,26,27). The molecule has 5 atom stereocenters. The van der Waals surface area contributed by atoms with Crippen LogP contribution in [0.25, 0.3) is 0 Å². The van der Waals surface area contributed by atoms with Crippen LogP contribution in [0.2, 0.25) is 0 Å². The van der Waals surface area contributed by atoms with Gasteiger partial charge in [0.05, 0.1) is 12.2 Å². The summed E-state index contributed by atoms with van der Waals surface area (Å²) in [5, 5.41) is 5.17. The van der Waals surface area contributed by atoms with Gasteiger partial charge in [-0.25, -0.2) is 4.79 Å². The van der Waals surface area contributed by atoms with Crippen LogP contribution in [0, 0.1) is 17.8 Å². The van der Waals surface area contributed by atoms with E-state index in [0.29, 0.717) is 26.2 Å². The lowest BCUT2D eigenvalue weighted by Gasteiger charge is -2.35. The van der Waals surface area contributed by atoms with Gasteiger partial charge in [0, 0.05) is 0 Å². The summed E-state index contributed by atoms with van der Waals surface area (Å²) in [6.07, 6.45) is -4.59. The number of carbonyl (C=O) groups excluding carboxylic acids is 1. The van der Waals surface area contributed by atoms with Gasteiger partial charge in [-0.2, -0.15) is 30.4 Å². The van der Waals surface area contributed by atoms with E-state index in [4.69, 9.17) is 9.29 Å². The summed E-state index contributed by atoms with van der Waals surface area (Å²) in [6.45, 7) is 1.50. The Hall–Kier alpha value is -1.31. The van der Waals surface area contributed by atoms with Crippen molar-refractivity contribution < 1.29 is 54.3 Å². The Kier molecular flexibility index (Phi) is 6.92. The highest BCUT2D eigenvalue weighted by Crippen LogP contribution is 2.53. The van der Waals surface area contributed by atoms with E-state index in [1.54, 1.807) is 0 Å². The number of esters is 1. The van der Waals surface area contributed by atoms with Gasteiger partial charge in [0.15, 0.2) is 5.60 Å². The van der Waals surface area contributed by atoms with Crippen LogP contribution in [0.1, 0.15) is 32.6 Å². The molecule has 0 heterocycles. The fraction of sp³-hybridized carbons (Fsp3) is 0.824. The van der Waals surface area contributed by atoms with Crippen molar-refractivity contribution in [3.8, 4) is 0 Å². The van der Waals surface area contributed by atoms with Crippen LogP contribution < -0.4 is 0 Å². The Bertz CT molecular complexity index is 778. The number of hydrogen-bond donors (Lipinski definition) is 2. The summed E-state index contributed by atoms with van der Waals surface area (Å²) in [6, 6.07) is 0. The molecule has 2 rings (SSSR count). The molecule has 0 spiro atoms. The number of rotatable bonds is 9. The minimum Gasteiger partial charge on any atom is -0.459 e. The van der Waals surface area contributed by atoms with Gasteiger partial charge in [0.25, 0.3) is 0 Å². The van der Waals surface area contributed by atoms with Crippen LogP contribution in [0.3, 0.4) is 0 Å². The summed E-state index contributed by atoms with van der Waals surface area (Å²) < 4.78 is 104. The Morgan fingerprint density at radius 3 is 2.27 bits per heavy atom. The Balaban J connectivity index is 1.88. The Morgan fingerprint density at radius 2 is 1.77 bits per heavy atom. The summed E-state index contributed by atoms with van der Waals surface area (Å²) in [7, 11) is -5.68. The number of ether oxygens (including phenoxy) is 2. The van der Waals surface area contributed by atoms with Crippen LogP contribution in [-0.4, -0.2) is 60.4 Å². The smallest absolute Gasteiger partial charge is 0.416 e. The SMILES string of the molecule is C=C(COCC(F)(F)S(=O)(=O)O)C(=O)OC1CC2CC(CC(C)(O)C(F)(F)F)C1C2. The molecule has 2 bridgehead atoms. The summed E-state index contributed by atoms with van der Waals surface area (Å²) >= 11 is 0. The lowest BCUT2D eigenvalue weighted by atomic mass is 9.79. The van der Waals surface area contributed by atoms with Crippen LogP contribution >= 0.6 is 0 Å². The molecule has 2 saturated carbocycles. The average molecular weight is 466 g/mol. The largest absolute Gasteiger partial charge is 0.459 e. The molecule has 0 aromatic heterocycles. The summed E-state index contributed by atoms with van der Waals surface area (Å²) in [4.78, 5) is 12.1. The maximum Gasteiger partial charge on any atom is 0.416 e. The topological polar surface area (TPSA) is 110 Å². The summed E-state index contributed by atoms with van der Waals surface area (Å²) in [5.74, 6) is -1.86. The second kappa shape index (κ2) is 8.32. The number of carbonyl (C=O) groups is 1. The van der Waals surface area contributed by atoms with Crippen molar-refractivity contribution in [1.29, 1.82) is 0 Å². The number of halogens is 5. The van der Waals surface area contributed by atoms with E-state index in [2.05, 4.69) is 11.3 Å². The highest BCUT2D eigenvalue weighted by molar-refractivity contribution is 7.86. The number of alkyl halides is 5. The highest BCUT2D eigenvalue weighted by atomic mass is 32.2. The van der Waals surface area contributed by atoms with E-state index in [1.165, 1.54) is 0 Å². The lowest BCUT2D eigenvalue weighted by Crippen LogP contribution is -2.45. The first kappa shape index (κ1) is 25.0.